The summed E-state index contributed by atoms with van der Waals surface area (Å²) in [5.74, 6) is 0.173. The molecule has 1 aromatic heterocycles. The van der Waals surface area contributed by atoms with E-state index in [1.165, 1.54) is 11.3 Å². The van der Waals surface area contributed by atoms with Gasteiger partial charge in [-0.3, -0.25) is 14.5 Å². The monoisotopic (exact) mass is 460 g/mol. The fourth-order valence-electron chi connectivity index (χ4n) is 5.82. The van der Waals surface area contributed by atoms with Crippen LogP contribution in [0, 0.1) is 5.92 Å². The van der Waals surface area contributed by atoms with Gasteiger partial charge in [-0.05, 0) is 80.4 Å². The van der Waals surface area contributed by atoms with Crippen molar-refractivity contribution in [2.45, 2.75) is 69.9 Å². The maximum atomic E-state index is 13.6. The van der Waals surface area contributed by atoms with Crippen LogP contribution in [0.3, 0.4) is 0 Å². The number of nitrogens with zero attached hydrogens (tertiary/aromatic N) is 3. The van der Waals surface area contributed by atoms with E-state index in [0.29, 0.717) is 38.5 Å². The van der Waals surface area contributed by atoms with E-state index in [9.17, 15) is 14.4 Å². The molecule has 0 unspecified atom stereocenters. The molecule has 3 aliphatic rings. The number of imide groups is 1. The van der Waals surface area contributed by atoms with Crippen LogP contribution >= 0.6 is 11.3 Å². The zero-order valence-corrected chi connectivity index (χ0v) is 20.2. The van der Waals surface area contributed by atoms with E-state index in [2.05, 4.69) is 24.2 Å². The lowest BCUT2D eigenvalue weighted by Crippen LogP contribution is -2.56. The number of amides is 4. The second-order valence-corrected chi connectivity index (χ2v) is 10.4. The van der Waals surface area contributed by atoms with Crippen LogP contribution in [0.25, 0.3) is 0 Å². The van der Waals surface area contributed by atoms with Crippen molar-refractivity contribution >= 4 is 29.2 Å². The number of hydrogen-bond donors (Lipinski definition) is 1. The molecule has 3 aliphatic heterocycles. The largest absolute Gasteiger partial charge is 0.342 e. The highest BCUT2D eigenvalue weighted by Crippen LogP contribution is 2.37. The number of carbonyl (C=O) groups excluding carboxylic acids is 3. The number of piperidine rings is 1. The maximum absolute atomic E-state index is 13.6. The van der Waals surface area contributed by atoms with Gasteiger partial charge in [0.1, 0.15) is 5.54 Å². The number of hydrogen-bond acceptors (Lipinski definition) is 5. The summed E-state index contributed by atoms with van der Waals surface area (Å²) in [6.45, 7) is 4.94. The summed E-state index contributed by atoms with van der Waals surface area (Å²) in [4.78, 5) is 44.9. The number of thiophene rings is 1. The Hall–Kier alpha value is -1.93. The average Bonchev–Trinajstić information content (AvgIpc) is 3.49. The molecule has 3 fully saturated rings. The molecule has 2 atom stereocenters. The molecular formula is C24H36N4O3S. The normalized spacial score (nSPS) is 27.4. The fourth-order valence-corrected chi connectivity index (χ4v) is 6.48. The van der Waals surface area contributed by atoms with Gasteiger partial charge in [-0.15, -0.1) is 0 Å². The third-order valence-corrected chi connectivity index (χ3v) is 8.42. The summed E-state index contributed by atoms with van der Waals surface area (Å²) in [5.41, 5.74) is 0.252. The summed E-state index contributed by atoms with van der Waals surface area (Å²) in [6.07, 6.45) is 6.60. The van der Waals surface area contributed by atoms with Crippen LogP contribution in [-0.4, -0.2) is 77.4 Å². The second kappa shape index (κ2) is 9.91. The van der Waals surface area contributed by atoms with Crippen molar-refractivity contribution in [3.05, 3.63) is 22.4 Å². The van der Waals surface area contributed by atoms with Crippen LogP contribution in [0.15, 0.2) is 16.8 Å². The SMILES string of the molecule is CCC[C@]1(C2CCN(C(=O)Cc3ccsc3)CC2)NC(=O)N(CC[C@@H]2CCCN2C)C1=O. The maximum Gasteiger partial charge on any atom is 0.325 e. The molecule has 1 N–H and O–H groups in total. The topological polar surface area (TPSA) is 73.0 Å². The van der Waals surface area contributed by atoms with Crippen LogP contribution in [0.4, 0.5) is 4.79 Å². The Morgan fingerprint density at radius 3 is 2.62 bits per heavy atom. The van der Waals surface area contributed by atoms with Crippen LogP contribution in [0.2, 0.25) is 0 Å². The molecular weight excluding hydrogens is 424 g/mol. The van der Waals surface area contributed by atoms with Crippen molar-refractivity contribution in [2.75, 3.05) is 33.2 Å². The highest BCUT2D eigenvalue weighted by Gasteiger charge is 2.55. The van der Waals surface area contributed by atoms with E-state index in [0.717, 1.165) is 44.2 Å². The molecule has 176 valence electrons. The first kappa shape index (κ1) is 23.2. The van der Waals surface area contributed by atoms with Gasteiger partial charge in [0.15, 0.2) is 0 Å². The zero-order valence-electron chi connectivity index (χ0n) is 19.3. The smallest absolute Gasteiger partial charge is 0.325 e. The third kappa shape index (κ3) is 4.57. The van der Waals surface area contributed by atoms with Gasteiger partial charge in [-0.25, -0.2) is 4.79 Å². The van der Waals surface area contributed by atoms with Gasteiger partial charge in [0.05, 0.1) is 6.42 Å². The Morgan fingerprint density at radius 1 is 1.22 bits per heavy atom. The van der Waals surface area contributed by atoms with Crippen molar-refractivity contribution in [3.8, 4) is 0 Å². The Kier molecular flexibility index (Phi) is 7.20. The van der Waals surface area contributed by atoms with E-state index < -0.39 is 5.54 Å². The number of urea groups is 1. The summed E-state index contributed by atoms with van der Waals surface area (Å²) < 4.78 is 0. The van der Waals surface area contributed by atoms with Gasteiger partial charge in [-0.1, -0.05) is 13.3 Å². The fraction of sp³-hybridized carbons (Fsp3) is 0.708. The lowest BCUT2D eigenvalue weighted by Gasteiger charge is -2.41. The minimum atomic E-state index is -0.810. The van der Waals surface area contributed by atoms with Gasteiger partial charge < -0.3 is 15.1 Å². The predicted octanol–water partition coefficient (Wildman–Crippen LogP) is 3.10. The minimum Gasteiger partial charge on any atom is -0.342 e. The summed E-state index contributed by atoms with van der Waals surface area (Å²) in [6, 6.07) is 2.21. The molecule has 4 amide bonds. The molecule has 8 heteroatoms. The lowest BCUT2D eigenvalue weighted by atomic mass is 9.74. The predicted molar refractivity (Wildman–Crippen MR) is 125 cm³/mol. The molecule has 4 rings (SSSR count). The Balaban J connectivity index is 1.38. The second-order valence-electron chi connectivity index (χ2n) is 9.64. The van der Waals surface area contributed by atoms with Crippen molar-refractivity contribution in [1.29, 1.82) is 0 Å². The van der Waals surface area contributed by atoms with E-state index in [4.69, 9.17) is 0 Å². The molecule has 1 aromatic rings. The van der Waals surface area contributed by atoms with Crippen molar-refractivity contribution in [1.82, 2.24) is 20.0 Å². The summed E-state index contributed by atoms with van der Waals surface area (Å²) >= 11 is 1.61. The molecule has 4 heterocycles. The number of nitrogens with one attached hydrogen (secondary N) is 1. The average molecular weight is 461 g/mol. The van der Waals surface area contributed by atoms with Crippen molar-refractivity contribution < 1.29 is 14.4 Å². The molecule has 0 aliphatic carbocycles. The minimum absolute atomic E-state index is 0.0481. The third-order valence-electron chi connectivity index (χ3n) is 7.68. The molecule has 0 spiro atoms. The van der Waals surface area contributed by atoms with Crippen LogP contribution in [-0.2, 0) is 16.0 Å². The van der Waals surface area contributed by atoms with E-state index in [1.54, 1.807) is 11.3 Å². The molecule has 0 bridgehead atoms. The Bertz CT molecular complexity index is 821. The number of rotatable bonds is 8. The zero-order chi connectivity index (χ0) is 22.7. The van der Waals surface area contributed by atoms with Crippen LogP contribution in [0.1, 0.15) is 57.4 Å². The Morgan fingerprint density at radius 2 is 2.00 bits per heavy atom. The van der Waals surface area contributed by atoms with Gasteiger partial charge in [-0.2, -0.15) is 11.3 Å². The quantitative estimate of drug-likeness (QED) is 0.605. The molecule has 0 aromatic carbocycles. The summed E-state index contributed by atoms with van der Waals surface area (Å²) in [5, 5.41) is 7.14. The van der Waals surface area contributed by atoms with Gasteiger partial charge in [0.25, 0.3) is 5.91 Å². The summed E-state index contributed by atoms with van der Waals surface area (Å²) in [7, 11) is 2.12. The van der Waals surface area contributed by atoms with E-state index >= 15 is 0 Å². The van der Waals surface area contributed by atoms with Crippen LogP contribution in [0.5, 0.6) is 0 Å². The van der Waals surface area contributed by atoms with Gasteiger partial charge in [0, 0.05) is 25.7 Å². The molecule has 0 radical (unpaired) electrons. The highest BCUT2D eigenvalue weighted by molar-refractivity contribution is 7.08. The van der Waals surface area contributed by atoms with E-state index in [1.807, 2.05) is 21.7 Å². The van der Waals surface area contributed by atoms with Crippen molar-refractivity contribution in [3.63, 3.8) is 0 Å². The van der Waals surface area contributed by atoms with Crippen LogP contribution < -0.4 is 5.32 Å². The molecule has 3 saturated heterocycles. The highest BCUT2D eigenvalue weighted by atomic mass is 32.1. The molecule has 32 heavy (non-hydrogen) atoms. The first-order valence-corrected chi connectivity index (χ1v) is 13.0. The van der Waals surface area contributed by atoms with Crippen molar-refractivity contribution in [2.24, 2.45) is 5.92 Å². The van der Waals surface area contributed by atoms with E-state index in [-0.39, 0.29) is 23.8 Å². The Labute approximate surface area is 195 Å². The first-order chi connectivity index (χ1) is 15.4. The van der Waals surface area contributed by atoms with Gasteiger partial charge >= 0.3 is 6.03 Å². The lowest BCUT2D eigenvalue weighted by molar-refractivity contribution is -0.136. The first-order valence-electron chi connectivity index (χ1n) is 12.1. The molecule has 0 saturated carbocycles. The molecule has 7 nitrogen and oxygen atoms in total. The number of carbonyl (C=O) groups is 3. The van der Waals surface area contributed by atoms with Gasteiger partial charge in [0.2, 0.25) is 5.91 Å². The standard InChI is InChI=1S/C24H36N4O3S/c1-3-10-24(19-6-12-27(13-7-19)21(29)16-18-9-15-32-17-18)22(30)28(23(31)25-24)14-8-20-5-4-11-26(20)2/h9,15,17,19-20H,3-8,10-14,16H2,1-2H3,(H,25,31)/t20-,24+/m0/s1. The number of likely N-dealkylation sites (tertiary alicyclic amines) is 2.